The lowest BCUT2D eigenvalue weighted by atomic mass is 10.00. The largest absolute Gasteiger partial charge is 0.497 e. The van der Waals surface area contributed by atoms with E-state index in [0.717, 1.165) is 17.9 Å². The van der Waals surface area contributed by atoms with Crippen LogP contribution in [0.2, 0.25) is 0 Å². The van der Waals surface area contributed by atoms with Gasteiger partial charge < -0.3 is 10.5 Å². The topological polar surface area (TPSA) is 35.2 Å². The van der Waals surface area contributed by atoms with Crippen molar-refractivity contribution in [2.24, 2.45) is 5.73 Å². The highest BCUT2D eigenvalue weighted by Crippen LogP contribution is 2.23. The third kappa shape index (κ3) is 4.02. The Hall–Kier alpha value is -1.45. The lowest BCUT2D eigenvalue weighted by Crippen LogP contribution is -2.13. The fourth-order valence-electron chi connectivity index (χ4n) is 2.15. The summed E-state index contributed by atoms with van der Waals surface area (Å²) in [5.41, 5.74) is 8.67. The molecule has 2 rings (SSSR count). The molecular formula is C17H21NOS. The number of hydrogen-bond acceptors (Lipinski definition) is 3. The third-order valence-corrected chi connectivity index (χ3v) is 4.10. The van der Waals surface area contributed by atoms with Gasteiger partial charge in [-0.3, -0.25) is 0 Å². The smallest absolute Gasteiger partial charge is 0.119 e. The SMILES string of the molecule is CCSc1ccc(C(N)Cc2cccc(OC)c2)cc1. The summed E-state index contributed by atoms with van der Waals surface area (Å²) in [5, 5.41) is 0. The van der Waals surface area contributed by atoms with Gasteiger partial charge in [0.1, 0.15) is 5.75 Å². The van der Waals surface area contributed by atoms with Crippen molar-refractivity contribution in [2.45, 2.75) is 24.3 Å². The molecule has 2 nitrogen and oxygen atoms in total. The van der Waals surface area contributed by atoms with Gasteiger partial charge in [0.2, 0.25) is 0 Å². The van der Waals surface area contributed by atoms with Crippen LogP contribution in [-0.4, -0.2) is 12.9 Å². The normalized spacial score (nSPS) is 12.2. The fraction of sp³-hybridized carbons (Fsp3) is 0.294. The molecule has 0 aliphatic rings. The predicted molar refractivity (Wildman–Crippen MR) is 86.5 cm³/mol. The Morgan fingerprint density at radius 2 is 1.90 bits per heavy atom. The van der Waals surface area contributed by atoms with E-state index in [9.17, 15) is 0 Å². The molecule has 0 aromatic heterocycles. The molecule has 0 bridgehead atoms. The number of thioether (sulfide) groups is 1. The Bertz CT molecular complexity index is 539. The van der Waals surface area contributed by atoms with E-state index in [1.807, 2.05) is 30.0 Å². The van der Waals surface area contributed by atoms with Gasteiger partial charge in [0.15, 0.2) is 0 Å². The molecule has 3 heteroatoms. The van der Waals surface area contributed by atoms with E-state index in [-0.39, 0.29) is 6.04 Å². The van der Waals surface area contributed by atoms with Gasteiger partial charge in [-0.1, -0.05) is 31.2 Å². The van der Waals surface area contributed by atoms with Crippen LogP contribution in [0.3, 0.4) is 0 Å². The summed E-state index contributed by atoms with van der Waals surface area (Å²) in [7, 11) is 1.68. The molecule has 0 spiro atoms. The summed E-state index contributed by atoms with van der Waals surface area (Å²) in [6.45, 7) is 2.16. The minimum Gasteiger partial charge on any atom is -0.497 e. The molecule has 0 aliphatic carbocycles. The van der Waals surface area contributed by atoms with Gasteiger partial charge in [-0.05, 0) is 47.6 Å². The molecule has 20 heavy (non-hydrogen) atoms. The number of hydrogen-bond donors (Lipinski definition) is 1. The average Bonchev–Trinajstić information content (AvgIpc) is 2.48. The minimum absolute atomic E-state index is 0.0165. The molecule has 1 unspecified atom stereocenters. The van der Waals surface area contributed by atoms with Crippen LogP contribution in [-0.2, 0) is 6.42 Å². The van der Waals surface area contributed by atoms with Crippen LogP contribution in [0.15, 0.2) is 53.4 Å². The second kappa shape index (κ2) is 7.36. The van der Waals surface area contributed by atoms with Crippen molar-refractivity contribution >= 4 is 11.8 Å². The van der Waals surface area contributed by atoms with E-state index in [1.165, 1.54) is 16.0 Å². The molecule has 2 aromatic rings. The van der Waals surface area contributed by atoms with Crippen molar-refractivity contribution in [3.8, 4) is 5.75 Å². The Morgan fingerprint density at radius 3 is 2.55 bits per heavy atom. The zero-order valence-electron chi connectivity index (χ0n) is 12.0. The summed E-state index contributed by atoms with van der Waals surface area (Å²) in [5.74, 6) is 1.97. The van der Waals surface area contributed by atoms with Crippen molar-refractivity contribution in [3.05, 3.63) is 59.7 Å². The van der Waals surface area contributed by atoms with Crippen LogP contribution in [0.5, 0.6) is 5.75 Å². The maximum absolute atomic E-state index is 6.29. The van der Waals surface area contributed by atoms with Crippen LogP contribution >= 0.6 is 11.8 Å². The average molecular weight is 287 g/mol. The first-order valence-electron chi connectivity index (χ1n) is 6.84. The highest BCUT2D eigenvalue weighted by Gasteiger charge is 2.08. The number of nitrogens with two attached hydrogens (primary N) is 1. The van der Waals surface area contributed by atoms with Crippen molar-refractivity contribution in [1.29, 1.82) is 0 Å². The number of methoxy groups -OCH3 is 1. The molecule has 1 atom stereocenters. The van der Waals surface area contributed by atoms with Crippen LogP contribution in [0.1, 0.15) is 24.1 Å². The highest BCUT2D eigenvalue weighted by molar-refractivity contribution is 7.99. The van der Waals surface area contributed by atoms with Crippen molar-refractivity contribution < 1.29 is 4.74 Å². The van der Waals surface area contributed by atoms with E-state index in [0.29, 0.717) is 0 Å². The number of benzene rings is 2. The molecule has 106 valence electrons. The van der Waals surface area contributed by atoms with Crippen LogP contribution < -0.4 is 10.5 Å². The summed E-state index contributed by atoms with van der Waals surface area (Å²) >= 11 is 1.85. The van der Waals surface area contributed by atoms with Crippen LogP contribution in [0.4, 0.5) is 0 Å². The Labute approximate surface area is 125 Å². The lowest BCUT2D eigenvalue weighted by molar-refractivity contribution is 0.414. The maximum Gasteiger partial charge on any atom is 0.119 e. The third-order valence-electron chi connectivity index (χ3n) is 3.21. The first kappa shape index (κ1) is 14.9. The van der Waals surface area contributed by atoms with Gasteiger partial charge in [-0.25, -0.2) is 0 Å². The molecule has 0 saturated carbocycles. The molecule has 2 aromatic carbocycles. The van der Waals surface area contributed by atoms with Gasteiger partial charge >= 0.3 is 0 Å². The second-order valence-electron chi connectivity index (χ2n) is 4.66. The Morgan fingerprint density at radius 1 is 1.15 bits per heavy atom. The lowest BCUT2D eigenvalue weighted by Gasteiger charge is -2.13. The quantitative estimate of drug-likeness (QED) is 0.814. The van der Waals surface area contributed by atoms with Crippen LogP contribution in [0, 0.1) is 0 Å². The predicted octanol–water partition coefficient (Wildman–Crippen LogP) is 4.05. The van der Waals surface area contributed by atoms with Crippen molar-refractivity contribution in [2.75, 3.05) is 12.9 Å². The number of rotatable bonds is 6. The molecule has 0 fully saturated rings. The van der Waals surface area contributed by atoms with Gasteiger partial charge in [-0.2, -0.15) is 0 Å². The number of ether oxygens (including phenoxy) is 1. The van der Waals surface area contributed by atoms with E-state index in [2.05, 4.69) is 37.3 Å². The van der Waals surface area contributed by atoms with Gasteiger partial charge in [0.25, 0.3) is 0 Å². The standard InChI is InChI=1S/C17H21NOS/c1-3-20-16-9-7-14(8-10-16)17(18)12-13-5-4-6-15(11-13)19-2/h4-11,17H,3,12,18H2,1-2H3. The molecule has 0 saturated heterocycles. The van der Waals surface area contributed by atoms with Gasteiger partial charge in [0, 0.05) is 10.9 Å². The van der Waals surface area contributed by atoms with Crippen molar-refractivity contribution in [3.63, 3.8) is 0 Å². The zero-order chi connectivity index (χ0) is 14.4. The minimum atomic E-state index is 0.0165. The van der Waals surface area contributed by atoms with Gasteiger partial charge in [0.05, 0.1) is 7.11 Å². The monoisotopic (exact) mass is 287 g/mol. The van der Waals surface area contributed by atoms with E-state index >= 15 is 0 Å². The van der Waals surface area contributed by atoms with E-state index in [4.69, 9.17) is 10.5 Å². The molecule has 0 aliphatic heterocycles. The van der Waals surface area contributed by atoms with Gasteiger partial charge in [-0.15, -0.1) is 11.8 Å². The molecule has 0 amide bonds. The summed E-state index contributed by atoms with van der Waals surface area (Å²) in [6.07, 6.45) is 0.817. The summed E-state index contributed by atoms with van der Waals surface area (Å²) < 4.78 is 5.24. The first-order valence-corrected chi connectivity index (χ1v) is 7.82. The maximum atomic E-state index is 6.29. The van der Waals surface area contributed by atoms with Crippen molar-refractivity contribution in [1.82, 2.24) is 0 Å². The Balaban J connectivity index is 2.05. The fourth-order valence-corrected chi connectivity index (χ4v) is 2.81. The molecule has 2 N–H and O–H groups in total. The summed E-state index contributed by atoms with van der Waals surface area (Å²) in [4.78, 5) is 1.30. The molecule has 0 heterocycles. The zero-order valence-corrected chi connectivity index (χ0v) is 12.8. The van der Waals surface area contributed by atoms with Crippen LogP contribution in [0.25, 0.3) is 0 Å². The molecule has 0 radical (unpaired) electrons. The van der Waals surface area contributed by atoms with E-state index in [1.54, 1.807) is 7.11 Å². The Kier molecular flexibility index (Phi) is 5.50. The highest BCUT2D eigenvalue weighted by atomic mass is 32.2. The second-order valence-corrected chi connectivity index (χ2v) is 6.00. The first-order chi connectivity index (χ1) is 9.72. The molecular weight excluding hydrogens is 266 g/mol. The summed E-state index contributed by atoms with van der Waals surface area (Å²) in [6, 6.07) is 16.6. The van der Waals surface area contributed by atoms with E-state index < -0.39 is 0 Å².